The van der Waals surface area contributed by atoms with Crippen molar-refractivity contribution in [3.63, 3.8) is 0 Å². The Morgan fingerprint density at radius 1 is 1.31 bits per heavy atom. The Labute approximate surface area is 171 Å². The van der Waals surface area contributed by atoms with E-state index in [9.17, 15) is 0 Å². The lowest BCUT2D eigenvalue weighted by Crippen LogP contribution is -2.35. The number of aryl methyl sites for hydroxylation is 1. The summed E-state index contributed by atoms with van der Waals surface area (Å²) < 4.78 is 16.3. The number of hydrogen-bond acceptors (Lipinski definition) is 7. The van der Waals surface area contributed by atoms with E-state index in [2.05, 4.69) is 31.1 Å². The number of nitrogens with two attached hydrogens (primary N) is 1. The Kier molecular flexibility index (Phi) is 6.04. The van der Waals surface area contributed by atoms with Gasteiger partial charge in [-0.1, -0.05) is 20.8 Å². The van der Waals surface area contributed by atoms with E-state index in [4.69, 9.17) is 30.3 Å². The van der Waals surface area contributed by atoms with Crippen molar-refractivity contribution < 1.29 is 14.2 Å². The van der Waals surface area contributed by atoms with Crippen molar-refractivity contribution in [3.05, 3.63) is 35.0 Å². The normalized spacial score (nSPS) is 15.7. The van der Waals surface area contributed by atoms with Crippen LogP contribution in [0.1, 0.15) is 37.6 Å². The third kappa shape index (κ3) is 4.83. The fraction of sp³-hybridized carbons (Fsp3) is 0.476. The number of aromatic nitrogens is 1. The van der Waals surface area contributed by atoms with Gasteiger partial charge in [-0.25, -0.2) is 4.98 Å². The number of benzene rings is 1. The van der Waals surface area contributed by atoms with Crippen LogP contribution >= 0.6 is 0 Å². The predicted molar refractivity (Wildman–Crippen MR) is 115 cm³/mol. The smallest absolute Gasteiger partial charge is 0.288 e. The van der Waals surface area contributed by atoms with Crippen LogP contribution in [0.4, 0.5) is 5.69 Å². The maximum absolute atomic E-state index is 8.05. The number of aliphatic imine (C=N–C) groups is 1. The Morgan fingerprint density at radius 3 is 2.62 bits per heavy atom. The number of anilines is 1. The summed E-state index contributed by atoms with van der Waals surface area (Å²) in [4.78, 5) is 9.02. The van der Waals surface area contributed by atoms with Crippen LogP contribution in [-0.2, 0) is 19.6 Å². The van der Waals surface area contributed by atoms with Crippen molar-refractivity contribution in [2.75, 3.05) is 32.5 Å². The van der Waals surface area contributed by atoms with Crippen LogP contribution in [0.2, 0.25) is 0 Å². The third-order valence-corrected chi connectivity index (χ3v) is 4.69. The summed E-state index contributed by atoms with van der Waals surface area (Å²) in [5.74, 6) is 0.262. The topological polar surface area (TPSA) is 115 Å². The fourth-order valence-electron chi connectivity index (χ4n) is 3.24. The summed E-state index contributed by atoms with van der Waals surface area (Å²) in [6.45, 7) is 9.83. The molecule has 156 valence electrons. The second-order valence-corrected chi connectivity index (χ2v) is 8.05. The average molecular weight is 399 g/mol. The molecule has 0 saturated carbocycles. The molecule has 1 aromatic heterocycles. The second kappa shape index (κ2) is 8.34. The molecule has 0 unspecified atom stereocenters. The molecule has 0 spiro atoms. The number of pyridine rings is 1. The van der Waals surface area contributed by atoms with E-state index in [1.54, 1.807) is 7.05 Å². The second-order valence-electron chi connectivity index (χ2n) is 8.05. The maximum atomic E-state index is 8.05. The van der Waals surface area contributed by atoms with E-state index in [-0.39, 0.29) is 23.6 Å². The van der Waals surface area contributed by atoms with Gasteiger partial charge in [0.15, 0.2) is 6.29 Å². The summed E-state index contributed by atoms with van der Waals surface area (Å²) in [6, 6.07) is 5.66. The SMILES string of the molecule is C/N=C(\OC(=N)NCC1OCCO1)c1cc(C)c2cc(N)cc(C(C)(C)C)c2n1. The van der Waals surface area contributed by atoms with Crippen molar-refractivity contribution in [2.45, 2.75) is 39.4 Å². The molecular formula is C21H29N5O3. The highest BCUT2D eigenvalue weighted by molar-refractivity contribution is 6.01. The molecule has 4 N–H and O–H groups in total. The zero-order valence-electron chi connectivity index (χ0n) is 17.6. The summed E-state index contributed by atoms with van der Waals surface area (Å²) in [7, 11) is 1.61. The van der Waals surface area contributed by atoms with Gasteiger partial charge in [0.25, 0.3) is 6.02 Å². The lowest BCUT2D eigenvalue weighted by molar-refractivity contribution is -0.0367. The number of nitrogens with zero attached hydrogens (tertiary/aromatic N) is 2. The largest absolute Gasteiger partial charge is 0.405 e. The van der Waals surface area contributed by atoms with Crippen molar-refractivity contribution in [3.8, 4) is 0 Å². The number of fused-ring (bicyclic) bond motifs is 1. The van der Waals surface area contributed by atoms with Gasteiger partial charge >= 0.3 is 0 Å². The van der Waals surface area contributed by atoms with Gasteiger partial charge in [-0.2, -0.15) is 0 Å². The minimum Gasteiger partial charge on any atom is -0.405 e. The van der Waals surface area contributed by atoms with Crippen molar-refractivity contribution in [1.82, 2.24) is 10.3 Å². The van der Waals surface area contributed by atoms with Gasteiger partial charge in [0.05, 0.1) is 25.3 Å². The van der Waals surface area contributed by atoms with E-state index in [0.29, 0.717) is 31.1 Å². The number of hydrogen-bond donors (Lipinski definition) is 3. The molecule has 0 amide bonds. The van der Waals surface area contributed by atoms with Gasteiger partial charge in [-0.15, -0.1) is 0 Å². The highest BCUT2D eigenvalue weighted by atomic mass is 16.7. The minimum atomic E-state index is -0.373. The molecule has 1 fully saturated rings. The van der Waals surface area contributed by atoms with Gasteiger partial charge in [0, 0.05) is 18.1 Å². The van der Waals surface area contributed by atoms with Crippen LogP contribution in [0.3, 0.4) is 0 Å². The number of nitrogens with one attached hydrogen (secondary N) is 2. The molecular weight excluding hydrogens is 370 g/mol. The molecule has 0 bridgehead atoms. The lowest BCUT2D eigenvalue weighted by Gasteiger charge is -2.22. The highest BCUT2D eigenvalue weighted by Gasteiger charge is 2.22. The number of ether oxygens (including phenoxy) is 3. The monoisotopic (exact) mass is 399 g/mol. The first-order chi connectivity index (χ1) is 13.7. The van der Waals surface area contributed by atoms with E-state index < -0.39 is 0 Å². The maximum Gasteiger partial charge on any atom is 0.288 e. The molecule has 1 aliphatic heterocycles. The fourth-order valence-corrected chi connectivity index (χ4v) is 3.24. The number of nitrogen functional groups attached to an aromatic ring is 1. The Morgan fingerprint density at radius 2 is 2.00 bits per heavy atom. The molecule has 1 aromatic carbocycles. The molecule has 0 radical (unpaired) electrons. The van der Waals surface area contributed by atoms with Crippen LogP contribution in [0, 0.1) is 12.3 Å². The molecule has 1 saturated heterocycles. The van der Waals surface area contributed by atoms with Gasteiger partial charge in [-0.05, 0) is 41.7 Å². The third-order valence-electron chi connectivity index (χ3n) is 4.69. The quantitative estimate of drug-likeness (QED) is 0.415. The zero-order chi connectivity index (χ0) is 21.2. The molecule has 2 heterocycles. The van der Waals surface area contributed by atoms with Crippen LogP contribution in [0.15, 0.2) is 23.2 Å². The average Bonchev–Trinajstić information content (AvgIpc) is 3.17. The lowest BCUT2D eigenvalue weighted by atomic mass is 9.84. The first-order valence-corrected chi connectivity index (χ1v) is 9.61. The molecule has 8 heteroatoms. The summed E-state index contributed by atoms with van der Waals surface area (Å²) in [6.07, 6.45) is -0.373. The van der Waals surface area contributed by atoms with E-state index >= 15 is 0 Å². The Hall–Kier alpha value is -2.71. The number of rotatable bonds is 3. The number of amidine groups is 1. The minimum absolute atomic E-state index is 0.133. The molecule has 29 heavy (non-hydrogen) atoms. The Balaban J connectivity index is 1.89. The highest BCUT2D eigenvalue weighted by Crippen LogP contribution is 2.33. The first kappa shape index (κ1) is 21.0. The van der Waals surface area contributed by atoms with Gasteiger partial charge in [-0.3, -0.25) is 10.4 Å². The molecule has 0 atom stereocenters. The van der Waals surface area contributed by atoms with Gasteiger partial charge in [0.1, 0.15) is 5.69 Å². The standard InChI is InChI=1S/C21H29N5O3/c1-12-8-16(19(24-5)29-20(23)25-11-17-27-6-7-28-17)26-18-14(12)9-13(22)10-15(18)21(2,3)4/h8-10,17H,6-7,11,22H2,1-5H3,(H2,23,25)/b24-19-. The summed E-state index contributed by atoms with van der Waals surface area (Å²) in [5.41, 5.74) is 10.2. The summed E-state index contributed by atoms with van der Waals surface area (Å²) >= 11 is 0. The van der Waals surface area contributed by atoms with E-state index in [0.717, 1.165) is 22.0 Å². The van der Waals surface area contributed by atoms with E-state index in [1.165, 1.54) is 0 Å². The predicted octanol–water partition coefficient (Wildman–Crippen LogP) is 2.71. The van der Waals surface area contributed by atoms with E-state index in [1.807, 2.05) is 25.1 Å². The van der Waals surface area contributed by atoms with Crippen molar-refractivity contribution in [2.24, 2.45) is 4.99 Å². The molecule has 2 aromatic rings. The van der Waals surface area contributed by atoms with Crippen LogP contribution < -0.4 is 11.1 Å². The molecule has 3 rings (SSSR count). The van der Waals surface area contributed by atoms with Gasteiger partial charge < -0.3 is 25.3 Å². The van der Waals surface area contributed by atoms with Crippen LogP contribution in [-0.4, -0.2) is 50.0 Å². The zero-order valence-corrected chi connectivity index (χ0v) is 17.6. The molecule has 0 aliphatic carbocycles. The van der Waals surface area contributed by atoms with Crippen molar-refractivity contribution in [1.29, 1.82) is 5.41 Å². The van der Waals surface area contributed by atoms with Crippen LogP contribution in [0.25, 0.3) is 10.9 Å². The Bertz CT molecular complexity index is 943. The molecule has 8 nitrogen and oxygen atoms in total. The molecule has 1 aliphatic rings. The van der Waals surface area contributed by atoms with Crippen LogP contribution in [0.5, 0.6) is 0 Å². The summed E-state index contributed by atoms with van der Waals surface area (Å²) in [5, 5.41) is 11.9. The van der Waals surface area contributed by atoms with Gasteiger partial charge in [0.2, 0.25) is 5.90 Å². The van der Waals surface area contributed by atoms with Crippen molar-refractivity contribution >= 4 is 28.5 Å². The first-order valence-electron chi connectivity index (χ1n) is 9.61.